The van der Waals surface area contributed by atoms with Crippen molar-refractivity contribution in [1.29, 1.82) is 0 Å². The third-order valence-corrected chi connectivity index (χ3v) is 7.94. The zero-order valence-corrected chi connectivity index (χ0v) is 18.8. The van der Waals surface area contributed by atoms with Crippen LogP contribution in [0.4, 0.5) is 5.82 Å². The summed E-state index contributed by atoms with van der Waals surface area (Å²) in [7, 11) is -1.75. The summed E-state index contributed by atoms with van der Waals surface area (Å²) in [6, 6.07) is 7.48. The highest BCUT2D eigenvalue weighted by Gasteiger charge is 2.32. The summed E-state index contributed by atoms with van der Waals surface area (Å²) in [5.41, 5.74) is 0. The summed E-state index contributed by atoms with van der Waals surface area (Å²) in [4.78, 5) is 32.0. The third kappa shape index (κ3) is 4.33. The Labute approximate surface area is 187 Å². The van der Waals surface area contributed by atoms with Crippen LogP contribution in [-0.4, -0.2) is 80.2 Å². The highest BCUT2D eigenvalue weighted by molar-refractivity contribution is 7.89. The quantitative estimate of drug-likeness (QED) is 0.622. The van der Waals surface area contributed by atoms with Crippen LogP contribution in [0.5, 0.6) is 0 Å². The molecule has 2 aromatic rings. The van der Waals surface area contributed by atoms with Crippen LogP contribution in [0.2, 0.25) is 0 Å². The first-order valence-electron chi connectivity index (χ1n) is 10.6. The summed E-state index contributed by atoms with van der Waals surface area (Å²) in [6.07, 6.45) is 4.99. The first-order chi connectivity index (χ1) is 15.3. The Morgan fingerprint density at radius 1 is 1.19 bits per heavy atom. The molecule has 1 N–H and O–H groups in total. The Balaban J connectivity index is 1.52. The molecule has 32 heavy (non-hydrogen) atoms. The molecule has 2 heterocycles. The highest BCUT2D eigenvalue weighted by Crippen LogP contribution is 2.35. The number of carbonyl (C=O) groups is 2. The molecule has 1 aromatic heterocycles. The summed E-state index contributed by atoms with van der Waals surface area (Å²) in [5, 5.41) is 3.92. The molecule has 1 aliphatic carbocycles. The molecule has 0 unspecified atom stereocenters. The lowest BCUT2D eigenvalue weighted by Gasteiger charge is -2.34. The van der Waals surface area contributed by atoms with Gasteiger partial charge in [-0.3, -0.25) is 9.59 Å². The predicted molar refractivity (Wildman–Crippen MR) is 122 cm³/mol. The highest BCUT2D eigenvalue weighted by atomic mass is 32.2. The lowest BCUT2D eigenvalue weighted by molar-refractivity contribution is -0.133. The minimum atomic E-state index is -3.75. The number of nitrogens with one attached hydrogen (secondary N) is 1. The minimum Gasteiger partial charge on any atom is -0.356 e. The standard InChI is InChI=1S/C22H27N5O4S/c1-3-20(28)24-15-21(29)26-11-13-27(14-12-26)32(30,31)19-6-4-5-18-17(19)9-10-23-22(18)25(2)16-7-8-16/h3-6,9-10,16H,1,7-8,11-15H2,2H3,(H,24,28). The fraction of sp³-hybridized carbons (Fsp3) is 0.409. The molecule has 4 rings (SSSR count). The molecule has 0 atom stereocenters. The average molecular weight is 458 g/mol. The maximum absolute atomic E-state index is 13.5. The largest absolute Gasteiger partial charge is 0.356 e. The zero-order valence-electron chi connectivity index (χ0n) is 18.0. The fourth-order valence-corrected chi connectivity index (χ4v) is 5.60. The number of hydrogen-bond acceptors (Lipinski definition) is 6. The van der Waals surface area contributed by atoms with Gasteiger partial charge in [-0.05, 0) is 31.1 Å². The number of aromatic nitrogens is 1. The van der Waals surface area contributed by atoms with Crippen molar-refractivity contribution < 1.29 is 18.0 Å². The van der Waals surface area contributed by atoms with Gasteiger partial charge in [-0.25, -0.2) is 13.4 Å². The predicted octanol–water partition coefficient (Wildman–Crippen LogP) is 0.969. The van der Waals surface area contributed by atoms with Gasteiger partial charge in [-0.15, -0.1) is 0 Å². The molecule has 170 valence electrons. The second kappa shape index (κ2) is 8.87. The Bertz CT molecular complexity index is 1150. The lowest BCUT2D eigenvalue weighted by atomic mass is 10.1. The number of anilines is 1. The number of hydrogen-bond donors (Lipinski definition) is 1. The van der Waals surface area contributed by atoms with E-state index in [0.29, 0.717) is 11.4 Å². The summed E-state index contributed by atoms with van der Waals surface area (Å²) < 4.78 is 28.4. The van der Waals surface area contributed by atoms with Crippen LogP contribution in [0.3, 0.4) is 0 Å². The van der Waals surface area contributed by atoms with Crippen LogP contribution in [0.15, 0.2) is 48.0 Å². The number of fused-ring (bicyclic) bond motifs is 1. The molecule has 0 spiro atoms. The molecule has 1 aromatic carbocycles. The molecule has 1 saturated heterocycles. The van der Waals surface area contributed by atoms with E-state index in [2.05, 4.69) is 21.8 Å². The third-order valence-electron chi connectivity index (χ3n) is 5.98. The normalized spacial score (nSPS) is 17.2. The van der Waals surface area contributed by atoms with Crippen LogP contribution in [0, 0.1) is 0 Å². The van der Waals surface area contributed by atoms with Crippen LogP contribution >= 0.6 is 0 Å². The van der Waals surface area contributed by atoms with Crippen molar-refractivity contribution in [2.75, 3.05) is 44.7 Å². The molecule has 2 amide bonds. The zero-order chi connectivity index (χ0) is 22.9. The SMILES string of the molecule is C=CC(=O)NCC(=O)N1CCN(S(=O)(=O)c2cccc3c(N(C)C4CC4)nccc23)CC1. The monoisotopic (exact) mass is 457 g/mol. The van der Waals surface area contributed by atoms with Gasteiger partial charge < -0.3 is 15.1 Å². The molecular weight excluding hydrogens is 430 g/mol. The molecule has 9 nitrogen and oxygen atoms in total. The summed E-state index contributed by atoms with van der Waals surface area (Å²) in [5.74, 6) is 0.122. The van der Waals surface area contributed by atoms with Crippen LogP contribution in [0.25, 0.3) is 10.8 Å². The fourth-order valence-electron chi connectivity index (χ4n) is 3.97. The molecule has 1 saturated carbocycles. The van der Waals surface area contributed by atoms with E-state index in [1.165, 1.54) is 4.31 Å². The number of benzene rings is 1. The van der Waals surface area contributed by atoms with E-state index in [0.717, 1.165) is 30.1 Å². The molecule has 0 radical (unpaired) electrons. The maximum atomic E-state index is 13.5. The molecular formula is C22H27N5O4S. The van der Waals surface area contributed by atoms with E-state index in [4.69, 9.17) is 0 Å². The van der Waals surface area contributed by atoms with Crippen molar-refractivity contribution >= 4 is 38.4 Å². The Hall–Kier alpha value is -2.98. The van der Waals surface area contributed by atoms with E-state index in [1.807, 2.05) is 13.1 Å². The van der Waals surface area contributed by atoms with Gasteiger partial charge >= 0.3 is 0 Å². The number of amides is 2. The van der Waals surface area contributed by atoms with E-state index < -0.39 is 15.9 Å². The van der Waals surface area contributed by atoms with E-state index in [-0.39, 0.29) is 43.5 Å². The number of carbonyl (C=O) groups excluding carboxylic acids is 2. The van der Waals surface area contributed by atoms with Crippen molar-refractivity contribution in [3.63, 3.8) is 0 Å². The number of nitrogens with zero attached hydrogens (tertiary/aromatic N) is 4. The van der Waals surface area contributed by atoms with Crippen LogP contribution in [-0.2, 0) is 19.6 Å². The minimum absolute atomic E-state index is 0.134. The first kappa shape index (κ1) is 22.2. The number of piperazine rings is 1. The molecule has 1 aliphatic heterocycles. The van der Waals surface area contributed by atoms with Gasteiger partial charge in [0.2, 0.25) is 21.8 Å². The van der Waals surface area contributed by atoms with Gasteiger partial charge in [0.1, 0.15) is 5.82 Å². The topological polar surface area (TPSA) is 103 Å². The van der Waals surface area contributed by atoms with Gasteiger partial charge in [0.25, 0.3) is 0 Å². The Kier molecular flexibility index (Phi) is 6.16. The van der Waals surface area contributed by atoms with E-state index in [9.17, 15) is 18.0 Å². The first-order valence-corrected chi connectivity index (χ1v) is 12.1. The van der Waals surface area contributed by atoms with Gasteiger partial charge in [0.05, 0.1) is 11.4 Å². The van der Waals surface area contributed by atoms with Crippen molar-refractivity contribution in [3.05, 3.63) is 43.1 Å². The molecule has 2 aliphatic rings. The molecule has 0 bridgehead atoms. The summed E-state index contributed by atoms with van der Waals surface area (Å²) in [6.45, 7) is 4.14. The number of sulfonamides is 1. The maximum Gasteiger partial charge on any atom is 0.243 e. The van der Waals surface area contributed by atoms with Gasteiger partial charge in [-0.1, -0.05) is 18.7 Å². The van der Waals surface area contributed by atoms with Crippen molar-refractivity contribution in [3.8, 4) is 0 Å². The van der Waals surface area contributed by atoms with Crippen molar-refractivity contribution in [2.45, 2.75) is 23.8 Å². The number of pyridine rings is 1. The Morgan fingerprint density at radius 3 is 2.56 bits per heavy atom. The van der Waals surface area contributed by atoms with Gasteiger partial charge in [0.15, 0.2) is 0 Å². The smallest absolute Gasteiger partial charge is 0.243 e. The van der Waals surface area contributed by atoms with Crippen LogP contribution in [0.1, 0.15) is 12.8 Å². The Morgan fingerprint density at radius 2 is 1.91 bits per heavy atom. The molecule has 10 heteroatoms. The van der Waals surface area contributed by atoms with Crippen molar-refractivity contribution in [2.24, 2.45) is 0 Å². The second-order valence-electron chi connectivity index (χ2n) is 8.03. The van der Waals surface area contributed by atoms with Gasteiger partial charge in [-0.2, -0.15) is 4.31 Å². The summed E-state index contributed by atoms with van der Waals surface area (Å²) >= 11 is 0. The van der Waals surface area contributed by atoms with Crippen LogP contribution < -0.4 is 10.2 Å². The van der Waals surface area contributed by atoms with Crippen molar-refractivity contribution in [1.82, 2.24) is 19.5 Å². The number of rotatable bonds is 7. The average Bonchev–Trinajstić information content (AvgIpc) is 3.66. The molecule has 2 fully saturated rings. The van der Waals surface area contributed by atoms with Gasteiger partial charge in [0, 0.05) is 56.2 Å². The second-order valence-corrected chi connectivity index (χ2v) is 9.94. The lowest BCUT2D eigenvalue weighted by Crippen LogP contribution is -2.52. The van der Waals surface area contributed by atoms with E-state index >= 15 is 0 Å². The van der Waals surface area contributed by atoms with E-state index in [1.54, 1.807) is 29.3 Å².